The van der Waals surface area contributed by atoms with E-state index in [2.05, 4.69) is 17.9 Å². The molecule has 2 N–H and O–H groups in total. The minimum absolute atomic E-state index is 0.0670. The summed E-state index contributed by atoms with van der Waals surface area (Å²) in [6.07, 6.45) is -1.61. The maximum atomic E-state index is 10.3. The van der Waals surface area contributed by atoms with Crippen LogP contribution in [0.3, 0.4) is 0 Å². The molecule has 15 heavy (non-hydrogen) atoms. The summed E-state index contributed by atoms with van der Waals surface area (Å²) in [4.78, 5) is 29.5. The van der Waals surface area contributed by atoms with Crippen molar-refractivity contribution in [2.75, 3.05) is 0 Å². The van der Waals surface area contributed by atoms with Crippen LogP contribution in [0.25, 0.3) is 0 Å². The van der Waals surface area contributed by atoms with Crippen molar-refractivity contribution in [3.8, 4) is 0 Å². The van der Waals surface area contributed by atoms with Gasteiger partial charge >= 0.3 is 18.1 Å². The van der Waals surface area contributed by atoms with Crippen molar-refractivity contribution < 1.29 is 29.3 Å². The zero-order valence-electron chi connectivity index (χ0n) is 8.44. The Kier molecular flexibility index (Phi) is 7.49. The highest BCUT2D eigenvalue weighted by Crippen LogP contribution is 1.90. The average Bonchev–Trinajstić information content (AvgIpc) is 2.03. The summed E-state index contributed by atoms with van der Waals surface area (Å²) < 4.78 is 3.69. The Morgan fingerprint density at radius 3 is 1.40 bits per heavy atom. The molecule has 0 heterocycles. The number of hydrogen-bond donors (Lipinski definition) is 2. The Balaban J connectivity index is 0. The van der Waals surface area contributed by atoms with Crippen molar-refractivity contribution in [2.45, 2.75) is 13.8 Å². The van der Waals surface area contributed by atoms with Crippen LogP contribution in [-0.4, -0.2) is 28.3 Å². The van der Waals surface area contributed by atoms with E-state index in [1.54, 1.807) is 0 Å². The summed E-state index contributed by atoms with van der Waals surface area (Å²) in [6, 6.07) is 0. The Morgan fingerprint density at radius 2 is 1.33 bits per heavy atom. The first kappa shape index (κ1) is 15.4. The molecule has 0 fully saturated rings. The maximum absolute atomic E-state index is 10.3. The van der Waals surface area contributed by atoms with Gasteiger partial charge in [0, 0.05) is 11.1 Å². The van der Waals surface area contributed by atoms with Gasteiger partial charge in [0.25, 0.3) is 0 Å². The highest BCUT2D eigenvalue weighted by atomic mass is 16.7. The van der Waals surface area contributed by atoms with E-state index in [0.717, 1.165) is 0 Å². The molecule has 0 spiro atoms. The minimum atomic E-state index is -1.61. The van der Waals surface area contributed by atoms with Crippen molar-refractivity contribution >= 4 is 18.1 Å². The Morgan fingerprint density at radius 1 is 1.00 bits per heavy atom. The van der Waals surface area contributed by atoms with E-state index in [1.165, 1.54) is 13.8 Å². The predicted octanol–water partition coefficient (Wildman–Crippen LogP) is 1.43. The highest BCUT2D eigenvalue weighted by Gasteiger charge is 2.07. The fraction of sp³-hybridized carbons (Fsp3) is 0.222. The van der Waals surface area contributed by atoms with Crippen molar-refractivity contribution in [2.24, 2.45) is 0 Å². The monoisotopic (exact) mass is 216 g/mol. The molecule has 0 rings (SSSR count). The van der Waals surface area contributed by atoms with Crippen molar-refractivity contribution in [1.82, 2.24) is 0 Å². The van der Waals surface area contributed by atoms with Crippen molar-refractivity contribution in [3.63, 3.8) is 0 Å². The van der Waals surface area contributed by atoms with Gasteiger partial charge in [0.05, 0.1) is 0 Å². The third-order valence-electron chi connectivity index (χ3n) is 0.894. The number of carbonyl (C=O) groups is 3. The second-order valence-electron chi connectivity index (χ2n) is 2.52. The molecule has 0 radical (unpaired) electrons. The van der Waals surface area contributed by atoms with Crippen LogP contribution in [0.4, 0.5) is 4.79 Å². The van der Waals surface area contributed by atoms with Crippen molar-refractivity contribution in [3.05, 3.63) is 24.3 Å². The van der Waals surface area contributed by atoms with Gasteiger partial charge < -0.3 is 14.9 Å². The fourth-order valence-electron chi connectivity index (χ4n) is 0.166. The molecule has 0 unspecified atom stereocenters. The minimum Gasteiger partial charge on any atom is -0.478 e. The van der Waals surface area contributed by atoms with E-state index in [-0.39, 0.29) is 11.1 Å². The zero-order chi connectivity index (χ0) is 12.6. The van der Waals surface area contributed by atoms with E-state index in [4.69, 9.17) is 10.2 Å². The number of carboxylic acids is 1. The molecule has 0 saturated heterocycles. The number of hydrogen-bond acceptors (Lipinski definition) is 4. The van der Waals surface area contributed by atoms with E-state index in [1.807, 2.05) is 0 Å². The molecule has 0 aliphatic rings. The number of ether oxygens (including phenoxy) is 1. The molecule has 6 heteroatoms. The van der Waals surface area contributed by atoms with Crippen LogP contribution in [0.2, 0.25) is 0 Å². The molecule has 0 amide bonds. The van der Waals surface area contributed by atoms with E-state index in [9.17, 15) is 14.4 Å². The van der Waals surface area contributed by atoms with Crippen LogP contribution in [-0.2, 0) is 14.3 Å². The van der Waals surface area contributed by atoms with Crippen molar-refractivity contribution in [1.29, 1.82) is 0 Å². The zero-order valence-corrected chi connectivity index (χ0v) is 8.44. The first-order valence-corrected chi connectivity index (χ1v) is 3.67. The number of carboxylic acid groups (broad SMARTS) is 2. The maximum Gasteiger partial charge on any atom is 0.513 e. The molecular formula is C9H12O6. The van der Waals surface area contributed by atoms with Gasteiger partial charge in [-0.3, -0.25) is 0 Å². The summed E-state index contributed by atoms with van der Waals surface area (Å²) in [5.41, 5.74) is 0.243. The lowest BCUT2D eigenvalue weighted by molar-refractivity contribution is -0.134. The summed E-state index contributed by atoms with van der Waals surface area (Å²) >= 11 is 0. The van der Waals surface area contributed by atoms with Gasteiger partial charge in [-0.1, -0.05) is 13.2 Å². The molecule has 0 aromatic heterocycles. The molecule has 0 aliphatic heterocycles. The smallest absolute Gasteiger partial charge is 0.478 e. The lowest BCUT2D eigenvalue weighted by Crippen LogP contribution is -2.09. The van der Waals surface area contributed by atoms with Gasteiger partial charge in [-0.2, -0.15) is 0 Å². The van der Waals surface area contributed by atoms with E-state index in [0.29, 0.717) is 0 Å². The van der Waals surface area contributed by atoms with Crippen LogP contribution < -0.4 is 0 Å². The Bertz CT molecular complexity index is 290. The molecule has 0 aliphatic carbocycles. The average molecular weight is 216 g/mol. The first-order chi connectivity index (χ1) is 6.68. The molecule has 0 aromatic carbocycles. The van der Waals surface area contributed by atoms with E-state index < -0.39 is 18.1 Å². The predicted molar refractivity (Wildman–Crippen MR) is 51.4 cm³/mol. The second-order valence-corrected chi connectivity index (χ2v) is 2.52. The van der Waals surface area contributed by atoms with Crippen LogP contribution in [0.5, 0.6) is 0 Å². The van der Waals surface area contributed by atoms with Gasteiger partial charge in [-0.25, -0.2) is 14.4 Å². The van der Waals surface area contributed by atoms with Gasteiger partial charge in [-0.05, 0) is 13.8 Å². The number of aliphatic carboxylic acids is 1. The van der Waals surface area contributed by atoms with Crippen LogP contribution in [0.15, 0.2) is 24.3 Å². The van der Waals surface area contributed by atoms with Gasteiger partial charge in [0.15, 0.2) is 0 Å². The summed E-state index contributed by atoms with van der Waals surface area (Å²) in [7, 11) is 0. The molecule has 0 bridgehead atoms. The standard InChI is InChI=1S/C5H6O4.C4H6O2/c1-3(2)4(6)9-5(7)8;1-3(2)4(5)6/h1H2,2H3,(H,7,8);1H2,2H3,(H,5,6). The lowest BCUT2D eigenvalue weighted by Gasteiger charge is -1.93. The van der Waals surface area contributed by atoms with Gasteiger partial charge in [-0.15, -0.1) is 0 Å². The fourth-order valence-corrected chi connectivity index (χ4v) is 0.166. The molecule has 0 aromatic rings. The lowest BCUT2D eigenvalue weighted by atomic mass is 10.4. The molecule has 84 valence electrons. The number of esters is 1. The van der Waals surface area contributed by atoms with Crippen LogP contribution in [0.1, 0.15) is 13.8 Å². The van der Waals surface area contributed by atoms with Gasteiger partial charge in [0.1, 0.15) is 0 Å². The topological polar surface area (TPSA) is 101 Å². The quantitative estimate of drug-likeness (QED) is 0.411. The first-order valence-electron chi connectivity index (χ1n) is 3.67. The van der Waals surface area contributed by atoms with Crippen LogP contribution >= 0.6 is 0 Å². The normalized spacial score (nSPS) is 7.87. The summed E-state index contributed by atoms with van der Waals surface area (Å²) in [6.45, 7) is 9.14. The number of carbonyl (C=O) groups excluding carboxylic acids is 1. The molecule has 0 atom stereocenters. The third-order valence-corrected chi connectivity index (χ3v) is 0.894. The summed E-state index contributed by atoms with van der Waals surface area (Å²) in [5, 5.41) is 15.7. The third kappa shape index (κ3) is 11.9. The van der Waals surface area contributed by atoms with Crippen LogP contribution in [0, 0.1) is 0 Å². The van der Waals surface area contributed by atoms with E-state index >= 15 is 0 Å². The SMILES string of the molecule is C=C(C)C(=O)O.C=C(C)C(=O)OC(=O)O. The second kappa shape index (κ2) is 7.31. The Hall–Kier alpha value is -2.11. The molecule has 0 saturated carbocycles. The highest BCUT2D eigenvalue weighted by molar-refractivity contribution is 5.93. The molecule has 6 nitrogen and oxygen atoms in total. The largest absolute Gasteiger partial charge is 0.513 e. The Labute approximate surface area is 86.5 Å². The summed E-state index contributed by atoms with van der Waals surface area (Å²) in [5.74, 6) is -1.85. The number of rotatable bonds is 2. The van der Waals surface area contributed by atoms with Gasteiger partial charge in [0.2, 0.25) is 0 Å². The molecular weight excluding hydrogens is 204 g/mol.